The molecule has 0 nitrogen and oxygen atoms in total. The molecule has 1 heteroatoms. The van der Waals surface area contributed by atoms with Gasteiger partial charge in [-0.2, -0.15) is 0 Å². The predicted octanol–water partition coefficient (Wildman–Crippen LogP) is 3.18. The van der Waals surface area contributed by atoms with Gasteiger partial charge in [0.25, 0.3) is 0 Å². The highest BCUT2D eigenvalue weighted by Gasteiger charge is 2.16. The molecule has 0 fully saturated rings. The molecule has 1 radical (unpaired) electrons. The van der Waals surface area contributed by atoms with Crippen LogP contribution in [0.4, 0.5) is 0 Å². The second kappa shape index (κ2) is 6.36. The maximum absolute atomic E-state index is 2.30. The van der Waals surface area contributed by atoms with Gasteiger partial charge in [-0.25, -0.2) is 0 Å². The molecule has 2 aromatic rings. The van der Waals surface area contributed by atoms with E-state index in [1.165, 1.54) is 15.9 Å². The van der Waals surface area contributed by atoms with Gasteiger partial charge >= 0.3 is 0 Å². The Morgan fingerprint density at radius 2 is 1.61 bits per heavy atom. The Morgan fingerprint density at radius 1 is 0.944 bits per heavy atom. The molecule has 0 heterocycles. The molecule has 0 saturated carbocycles. The molecule has 0 aliphatic heterocycles. The first kappa shape index (κ1) is 12.8. The zero-order valence-electron chi connectivity index (χ0n) is 11.1. The zero-order valence-corrected chi connectivity index (χ0v) is 12.1. The lowest BCUT2D eigenvalue weighted by molar-refractivity contribution is 1.49. The summed E-state index contributed by atoms with van der Waals surface area (Å²) >= 11 is 0. The van der Waals surface area contributed by atoms with E-state index in [0.29, 0.717) is 0 Å². The Morgan fingerprint density at radius 3 is 2.28 bits per heavy atom. The minimum absolute atomic E-state index is 0.679. The van der Waals surface area contributed by atoms with Crippen molar-refractivity contribution in [3.8, 4) is 0 Å². The molecular weight excluding hydrogens is 232 g/mol. The Bertz CT molecular complexity index is 514. The highest BCUT2D eigenvalue weighted by molar-refractivity contribution is 6.85. The van der Waals surface area contributed by atoms with Gasteiger partial charge in [0.2, 0.25) is 0 Å². The lowest BCUT2D eigenvalue weighted by atomic mass is 10.2. The van der Waals surface area contributed by atoms with E-state index in [4.69, 9.17) is 0 Å². The Labute approximate surface area is 112 Å². The summed E-state index contributed by atoms with van der Waals surface area (Å²) in [6, 6.07) is 20.9. The summed E-state index contributed by atoms with van der Waals surface area (Å²) in [5.74, 6) is 0. The Kier molecular flexibility index (Phi) is 4.54. The van der Waals surface area contributed by atoms with Gasteiger partial charge in [0.15, 0.2) is 0 Å². The molecule has 91 valence electrons. The van der Waals surface area contributed by atoms with E-state index in [-0.39, 0.29) is 0 Å². The lowest BCUT2D eigenvalue weighted by Crippen LogP contribution is -2.42. The van der Waals surface area contributed by atoms with E-state index in [1.54, 1.807) is 0 Å². The standard InChI is InChI=1S/C17H19Si/c1-3-4-14-18(16-11-6-5-7-12-16)17-13-9-8-10-15(17)2/h3-13H,14H2,1-2H3. The van der Waals surface area contributed by atoms with Crippen LogP contribution in [0.3, 0.4) is 0 Å². The van der Waals surface area contributed by atoms with E-state index < -0.39 is 8.80 Å². The third kappa shape index (κ3) is 2.99. The van der Waals surface area contributed by atoms with E-state index in [1.807, 2.05) is 0 Å². The molecule has 18 heavy (non-hydrogen) atoms. The van der Waals surface area contributed by atoms with Crippen LogP contribution in [0, 0.1) is 6.92 Å². The van der Waals surface area contributed by atoms with Crippen LogP contribution in [0.2, 0.25) is 6.04 Å². The second-order valence-electron chi connectivity index (χ2n) is 4.43. The Hall–Kier alpha value is -1.60. The molecule has 0 saturated heterocycles. The Balaban J connectivity index is 2.40. The fourth-order valence-corrected chi connectivity index (χ4v) is 4.86. The highest BCUT2D eigenvalue weighted by atomic mass is 28.3. The van der Waals surface area contributed by atoms with Crippen LogP contribution in [-0.2, 0) is 0 Å². The molecule has 0 atom stereocenters. The van der Waals surface area contributed by atoms with Crippen LogP contribution in [-0.4, -0.2) is 8.80 Å². The fourth-order valence-electron chi connectivity index (χ4n) is 2.17. The highest BCUT2D eigenvalue weighted by Crippen LogP contribution is 2.03. The van der Waals surface area contributed by atoms with Crippen molar-refractivity contribution < 1.29 is 0 Å². The normalized spacial score (nSPS) is 11.3. The van der Waals surface area contributed by atoms with Gasteiger partial charge in [0.1, 0.15) is 8.80 Å². The number of benzene rings is 2. The van der Waals surface area contributed by atoms with Gasteiger partial charge in [-0.1, -0.05) is 82.7 Å². The van der Waals surface area contributed by atoms with E-state index in [2.05, 4.69) is 80.6 Å². The van der Waals surface area contributed by atoms with Crippen LogP contribution < -0.4 is 10.4 Å². The van der Waals surface area contributed by atoms with E-state index in [0.717, 1.165) is 6.04 Å². The van der Waals surface area contributed by atoms with E-state index in [9.17, 15) is 0 Å². The minimum atomic E-state index is -0.679. The van der Waals surface area contributed by atoms with Gasteiger partial charge in [-0.3, -0.25) is 0 Å². The quantitative estimate of drug-likeness (QED) is 0.578. The summed E-state index contributed by atoms with van der Waals surface area (Å²) in [5, 5.41) is 3.03. The van der Waals surface area contributed by atoms with Gasteiger partial charge in [-0.15, -0.1) is 0 Å². The average molecular weight is 251 g/mol. The van der Waals surface area contributed by atoms with Crippen molar-refractivity contribution in [2.24, 2.45) is 0 Å². The molecular formula is C17H19Si. The molecule has 0 aromatic heterocycles. The first-order valence-corrected chi connectivity index (χ1v) is 8.12. The molecule has 0 aliphatic carbocycles. The summed E-state index contributed by atoms with van der Waals surface area (Å²) in [5.41, 5.74) is 1.42. The fraction of sp³-hybridized carbons (Fsp3) is 0.176. The third-order valence-corrected chi connectivity index (χ3v) is 6.04. The van der Waals surface area contributed by atoms with Crippen molar-refractivity contribution in [1.29, 1.82) is 0 Å². The third-order valence-electron chi connectivity index (χ3n) is 3.15. The first-order valence-electron chi connectivity index (χ1n) is 6.41. The van der Waals surface area contributed by atoms with Crippen molar-refractivity contribution >= 4 is 19.2 Å². The van der Waals surface area contributed by atoms with Gasteiger partial charge < -0.3 is 0 Å². The number of aryl methyl sites for hydroxylation is 1. The summed E-state index contributed by atoms with van der Waals surface area (Å²) in [6.45, 7) is 4.32. The van der Waals surface area contributed by atoms with Crippen molar-refractivity contribution in [1.82, 2.24) is 0 Å². The lowest BCUT2D eigenvalue weighted by Gasteiger charge is -2.16. The van der Waals surface area contributed by atoms with Crippen LogP contribution in [0.1, 0.15) is 12.5 Å². The van der Waals surface area contributed by atoms with Crippen molar-refractivity contribution in [2.75, 3.05) is 0 Å². The number of hydrogen-bond donors (Lipinski definition) is 0. The molecule has 2 rings (SSSR count). The smallest absolute Gasteiger partial charge is 0.0919 e. The molecule has 0 aliphatic rings. The number of hydrogen-bond acceptors (Lipinski definition) is 0. The maximum Gasteiger partial charge on any atom is 0.125 e. The van der Waals surface area contributed by atoms with Crippen LogP contribution in [0.15, 0.2) is 66.7 Å². The minimum Gasteiger partial charge on any atom is -0.0919 e. The average Bonchev–Trinajstić information content (AvgIpc) is 2.42. The molecule has 0 N–H and O–H groups in total. The summed E-state index contributed by atoms with van der Waals surface area (Å²) < 4.78 is 0. The van der Waals surface area contributed by atoms with Crippen LogP contribution in [0.25, 0.3) is 0 Å². The summed E-state index contributed by atoms with van der Waals surface area (Å²) in [6.07, 6.45) is 4.46. The van der Waals surface area contributed by atoms with Crippen molar-refractivity contribution in [3.05, 3.63) is 72.3 Å². The second-order valence-corrected chi connectivity index (χ2v) is 6.91. The molecule has 0 spiro atoms. The zero-order chi connectivity index (χ0) is 12.8. The molecule has 0 unspecified atom stereocenters. The van der Waals surface area contributed by atoms with E-state index >= 15 is 0 Å². The first-order chi connectivity index (χ1) is 8.83. The maximum atomic E-state index is 2.30. The SMILES string of the molecule is CC=CC[Si](c1ccccc1)c1ccccc1C. The predicted molar refractivity (Wildman–Crippen MR) is 82.3 cm³/mol. The molecule has 0 amide bonds. The van der Waals surface area contributed by atoms with Crippen LogP contribution >= 0.6 is 0 Å². The monoisotopic (exact) mass is 251 g/mol. The summed E-state index contributed by atoms with van der Waals surface area (Å²) in [7, 11) is -0.679. The molecule has 0 bridgehead atoms. The topological polar surface area (TPSA) is 0 Å². The van der Waals surface area contributed by atoms with Gasteiger partial charge in [-0.05, 0) is 19.9 Å². The number of rotatable bonds is 4. The van der Waals surface area contributed by atoms with Gasteiger partial charge in [0, 0.05) is 0 Å². The van der Waals surface area contributed by atoms with Gasteiger partial charge in [0.05, 0.1) is 0 Å². The molecule has 2 aromatic carbocycles. The van der Waals surface area contributed by atoms with Crippen molar-refractivity contribution in [3.63, 3.8) is 0 Å². The largest absolute Gasteiger partial charge is 0.125 e. The number of allylic oxidation sites excluding steroid dienone is 2. The summed E-state index contributed by atoms with van der Waals surface area (Å²) in [4.78, 5) is 0. The van der Waals surface area contributed by atoms with Crippen LogP contribution in [0.5, 0.6) is 0 Å². The van der Waals surface area contributed by atoms with Crippen molar-refractivity contribution in [2.45, 2.75) is 19.9 Å².